The molecule has 5 nitrogen and oxygen atoms in total. The highest BCUT2D eigenvalue weighted by molar-refractivity contribution is 5.98. The SMILES string of the molecule is COc1ccc(NC(C)=O)cc1NC(=O)[C@H]1C[C@H]1c1ccccc1C. The van der Waals surface area contributed by atoms with Crippen LogP contribution in [0.5, 0.6) is 5.75 Å². The summed E-state index contributed by atoms with van der Waals surface area (Å²) in [6, 6.07) is 13.4. The Hall–Kier alpha value is -2.82. The molecule has 2 N–H and O–H groups in total. The summed E-state index contributed by atoms with van der Waals surface area (Å²) < 4.78 is 5.31. The maximum atomic E-state index is 12.6. The number of hydrogen-bond acceptors (Lipinski definition) is 3. The minimum atomic E-state index is -0.163. The van der Waals surface area contributed by atoms with Gasteiger partial charge >= 0.3 is 0 Å². The lowest BCUT2D eigenvalue weighted by atomic mass is 10.0. The lowest BCUT2D eigenvalue weighted by molar-refractivity contribution is -0.117. The number of rotatable bonds is 5. The topological polar surface area (TPSA) is 67.4 Å². The van der Waals surface area contributed by atoms with E-state index in [1.807, 2.05) is 12.1 Å². The van der Waals surface area contributed by atoms with Crippen molar-refractivity contribution in [2.75, 3.05) is 17.7 Å². The van der Waals surface area contributed by atoms with Crippen LogP contribution < -0.4 is 15.4 Å². The highest BCUT2D eigenvalue weighted by Crippen LogP contribution is 2.49. The van der Waals surface area contributed by atoms with Gasteiger partial charge in [-0.25, -0.2) is 0 Å². The number of ether oxygens (including phenoxy) is 1. The van der Waals surface area contributed by atoms with Crippen LogP contribution in [0, 0.1) is 12.8 Å². The van der Waals surface area contributed by atoms with Crippen molar-refractivity contribution in [1.29, 1.82) is 0 Å². The summed E-state index contributed by atoms with van der Waals surface area (Å²) in [6.45, 7) is 3.52. The number of aryl methyl sites for hydroxylation is 1. The molecule has 2 aromatic carbocycles. The molecule has 0 aromatic heterocycles. The zero-order valence-corrected chi connectivity index (χ0v) is 14.6. The zero-order chi connectivity index (χ0) is 18.0. The van der Waals surface area contributed by atoms with E-state index in [0.717, 1.165) is 6.42 Å². The molecule has 2 aromatic rings. The number of benzene rings is 2. The third-order valence-corrected chi connectivity index (χ3v) is 4.49. The molecule has 0 saturated heterocycles. The molecule has 1 saturated carbocycles. The minimum absolute atomic E-state index is 0.0217. The number of methoxy groups -OCH3 is 1. The van der Waals surface area contributed by atoms with E-state index in [9.17, 15) is 9.59 Å². The summed E-state index contributed by atoms with van der Waals surface area (Å²) in [5.74, 6) is 0.618. The van der Waals surface area contributed by atoms with Crippen molar-refractivity contribution in [2.24, 2.45) is 5.92 Å². The number of hydrogen-bond donors (Lipinski definition) is 2. The number of carbonyl (C=O) groups is 2. The van der Waals surface area contributed by atoms with Gasteiger partial charge in [0.1, 0.15) is 5.75 Å². The predicted molar refractivity (Wildman–Crippen MR) is 98.0 cm³/mol. The lowest BCUT2D eigenvalue weighted by Gasteiger charge is -2.12. The average Bonchev–Trinajstić information content (AvgIpc) is 3.35. The van der Waals surface area contributed by atoms with Gasteiger partial charge in [0.05, 0.1) is 12.8 Å². The van der Waals surface area contributed by atoms with Crippen molar-refractivity contribution in [3.05, 3.63) is 53.6 Å². The molecule has 1 aliphatic carbocycles. The lowest BCUT2D eigenvalue weighted by Crippen LogP contribution is -2.16. The quantitative estimate of drug-likeness (QED) is 0.873. The molecule has 1 fully saturated rings. The van der Waals surface area contributed by atoms with Gasteiger partial charge < -0.3 is 15.4 Å². The Labute approximate surface area is 147 Å². The van der Waals surface area contributed by atoms with E-state index >= 15 is 0 Å². The molecule has 0 spiro atoms. The minimum Gasteiger partial charge on any atom is -0.495 e. The Morgan fingerprint density at radius 2 is 1.88 bits per heavy atom. The molecule has 0 heterocycles. The Morgan fingerprint density at radius 3 is 2.56 bits per heavy atom. The summed E-state index contributed by atoms with van der Waals surface area (Å²) in [7, 11) is 1.55. The van der Waals surface area contributed by atoms with Crippen LogP contribution in [0.4, 0.5) is 11.4 Å². The molecule has 0 bridgehead atoms. The van der Waals surface area contributed by atoms with Crippen LogP contribution in [0.1, 0.15) is 30.4 Å². The second kappa shape index (κ2) is 6.97. The van der Waals surface area contributed by atoms with E-state index in [0.29, 0.717) is 17.1 Å². The predicted octanol–water partition coefficient (Wildman–Crippen LogP) is 3.70. The van der Waals surface area contributed by atoms with Gasteiger partial charge in [0.25, 0.3) is 0 Å². The van der Waals surface area contributed by atoms with Crippen LogP contribution in [0.15, 0.2) is 42.5 Å². The molecule has 3 rings (SSSR count). The summed E-state index contributed by atoms with van der Waals surface area (Å²) in [4.78, 5) is 23.8. The van der Waals surface area contributed by atoms with Crippen LogP contribution in [0.25, 0.3) is 0 Å². The van der Waals surface area contributed by atoms with Gasteiger partial charge in [0.2, 0.25) is 11.8 Å². The van der Waals surface area contributed by atoms with Gasteiger partial charge in [-0.15, -0.1) is 0 Å². The number of nitrogens with one attached hydrogen (secondary N) is 2. The first-order valence-corrected chi connectivity index (χ1v) is 8.31. The van der Waals surface area contributed by atoms with Crippen molar-refractivity contribution < 1.29 is 14.3 Å². The molecule has 2 amide bonds. The largest absolute Gasteiger partial charge is 0.495 e. The van der Waals surface area contributed by atoms with Crippen LogP contribution >= 0.6 is 0 Å². The molecule has 130 valence electrons. The maximum absolute atomic E-state index is 12.6. The smallest absolute Gasteiger partial charge is 0.228 e. The highest BCUT2D eigenvalue weighted by atomic mass is 16.5. The van der Waals surface area contributed by atoms with Crippen LogP contribution in [-0.2, 0) is 9.59 Å². The van der Waals surface area contributed by atoms with Crippen molar-refractivity contribution in [2.45, 2.75) is 26.2 Å². The van der Waals surface area contributed by atoms with E-state index in [4.69, 9.17) is 4.74 Å². The van der Waals surface area contributed by atoms with Crippen LogP contribution in [-0.4, -0.2) is 18.9 Å². The average molecular weight is 338 g/mol. The molecule has 0 radical (unpaired) electrons. The highest BCUT2D eigenvalue weighted by Gasteiger charge is 2.44. The summed E-state index contributed by atoms with van der Waals surface area (Å²) in [5.41, 5.74) is 3.64. The fourth-order valence-corrected chi connectivity index (χ4v) is 3.14. The van der Waals surface area contributed by atoms with Gasteiger partial charge in [0, 0.05) is 18.5 Å². The molecule has 5 heteroatoms. The standard InChI is InChI=1S/C20H22N2O3/c1-12-6-4-5-7-15(12)16-11-17(16)20(24)22-18-10-14(21-13(2)23)8-9-19(18)25-3/h4-10,16-17H,11H2,1-3H3,(H,21,23)(H,22,24)/t16-,17-/m0/s1. The first-order chi connectivity index (χ1) is 12.0. The molecule has 0 unspecified atom stereocenters. The Morgan fingerprint density at radius 1 is 1.12 bits per heavy atom. The Kier molecular flexibility index (Phi) is 4.74. The second-order valence-corrected chi connectivity index (χ2v) is 6.39. The third kappa shape index (κ3) is 3.82. The molecular weight excluding hydrogens is 316 g/mol. The number of amides is 2. The normalized spacial score (nSPS) is 18.4. The Balaban J connectivity index is 1.73. The Bertz CT molecular complexity index is 816. The fourth-order valence-electron chi connectivity index (χ4n) is 3.14. The number of carbonyl (C=O) groups excluding carboxylic acids is 2. The van der Waals surface area contributed by atoms with Gasteiger partial charge in [-0.1, -0.05) is 24.3 Å². The third-order valence-electron chi connectivity index (χ3n) is 4.49. The van der Waals surface area contributed by atoms with E-state index in [1.54, 1.807) is 25.3 Å². The molecule has 0 aliphatic heterocycles. The van der Waals surface area contributed by atoms with Crippen molar-refractivity contribution in [1.82, 2.24) is 0 Å². The summed E-state index contributed by atoms with van der Waals surface area (Å²) in [6.07, 6.45) is 0.852. The van der Waals surface area contributed by atoms with E-state index in [1.165, 1.54) is 18.1 Å². The molecule has 2 atom stereocenters. The number of anilines is 2. The van der Waals surface area contributed by atoms with Gasteiger partial charge in [-0.2, -0.15) is 0 Å². The monoisotopic (exact) mass is 338 g/mol. The molecule has 25 heavy (non-hydrogen) atoms. The maximum Gasteiger partial charge on any atom is 0.228 e. The van der Waals surface area contributed by atoms with Gasteiger partial charge in [-0.3, -0.25) is 9.59 Å². The fraction of sp³-hybridized carbons (Fsp3) is 0.300. The van der Waals surface area contributed by atoms with Gasteiger partial charge in [0.15, 0.2) is 0 Å². The molecule has 1 aliphatic rings. The molecular formula is C20H22N2O3. The van der Waals surface area contributed by atoms with Crippen LogP contribution in [0.2, 0.25) is 0 Å². The second-order valence-electron chi connectivity index (χ2n) is 6.39. The summed E-state index contributed by atoms with van der Waals surface area (Å²) >= 11 is 0. The van der Waals surface area contributed by atoms with Crippen molar-refractivity contribution in [3.63, 3.8) is 0 Å². The van der Waals surface area contributed by atoms with Gasteiger partial charge in [-0.05, 0) is 48.6 Å². The first-order valence-electron chi connectivity index (χ1n) is 8.31. The van der Waals surface area contributed by atoms with Crippen molar-refractivity contribution >= 4 is 23.2 Å². The first kappa shape index (κ1) is 17.0. The van der Waals surface area contributed by atoms with E-state index < -0.39 is 0 Å². The van der Waals surface area contributed by atoms with Crippen LogP contribution in [0.3, 0.4) is 0 Å². The zero-order valence-electron chi connectivity index (χ0n) is 14.6. The van der Waals surface area contributed by atoms with E-state index in [2.05, 4.69) is 29.7 Å². The van der Waals surface area contributed by atoms with Crippen molar-refractivity contribution in [3.8, 4) is 5.75 Å². The summed E-state index contributed by atoms with van der Waals surface area (Å²) in [5, 5.41) is 5.65. The van der Waals surface area contributed by atoms with E-state index in [-0.39, 0.29) is 23.7 Å².